The number of rotatable bonds is 5. The Hall–Kier alpha value is -2.43. The molecule has 0 aliphatic rings. The second-order valence-corrected chi connectivity index (χ2v) is 5.19. The number of fused-ring (bicyclic) bond motifs is 1. The molecule has 0 fully saturated rings. The number of imidazole rings is 1. The predicted molar refractivity (Wildman–Crippen MR) is 84.3 cm³/mol. The average molecular weight is 281 g/mol. The van der Waals surface area contributed by atoms with Crippen molar-refractivity contribution >= 4 is 17.0 Å². The summed E-state index contributed by atoms with van der Waals surface area (Å²) < 4.78 is 2.16. The van der Waals surface area contributed by atoms with Crippen molar-refractivity contribution in [3.05, 3.63) is 48.0 Å². The molecule has 3 rings (SSSR count). The molecule has 5 heteroatoms. The van der Waals surface area contributed by atoms with Crippen LogP contribution in [0.15, 0.2) is 36.7 Å². The van der Waals surface area contributed by atoms with Crippen LogP contribution < -0.4 is 5.32 Å². The van der Waals surface area contributed by atoms with Crippen LogP contribution in [-0.2, 0) is 13.5 Å². The zero-order valence-electron chi connectivity index (χ0n) is 12.4. The van der Waals surface area contributed by atoms with Crippen LogP contribution in [0.2, 0.25) is 0 Å². The van der Waals surface area contributed by atoms with Gasteiger partial charge in [0.1, 0.15) is 5.82 Å². The van der Waals surface area contributed by atoms with Crippen LogP contribution in [0.4, 0.5) is 5.95 Å². The van der Waals surface area contributed by atoms with Crippen molar-refractivity contribution in [2.24, 2.45) is 7.05 Å². The molecular weight excluding hydrogens is 262 g/mol. The Balaban J connectivity index is 1.57. The molecule has 0 radical (unpaired) electrons. The molecule has 0 saturated carbocycles. The number of hydrogen-bond acceptors (Lipinski definition) is 4. The Morgan fingerprint density at radius 2 is 1.90 bits per heavy atom. The van der Waals surface area contributed by atoms with E-state index in [4.69, 9.17) is 0 Å². The number of hydrogen-bond donors (Lipinski definition) is 1. The summed E-state index contributed by atoms with van der Waals surface area (Å²) in [6, 6.07) is 8.22. The summed E-state index contributed by atoms with van der Waals surface area (Å²) >= 11 is 0. The molecule has 0 spiro atoms. The molecule has 2 aromatic heterocycles. The zero-order valence-corrected chi connectivity index (χ0v) is 12.4. The minimum Gasteiger partial charge on any atom is -0.354 e. The van der Waals surface area contributed by atoms with Crippen molar-refractivity contribution < 1.29 is 0 Å². The van der Waals surface area contributed by atoms with E-state index >= 15 is 0 Å². The number of aromatic nitrogens is 4. The van der Waals surface area contributed by atoms with Gasteiger partial charge in [0.2, 0.25) is 5.95 Å². The lowest BCUT2D eigenvalue weighted by molar-refractivity contribution is 0.751. The molecule has 0 bridgehead atoms. The van der Waals surface area contributed by atoms with Gasteiger partial charge in [0, 0.05) is 32.4 Å². The van der Waals surface area contributed by atoms with Gasteiger partial charge in [-0.15, -0.1) is 0 Å². The van der Waals surface area contributed by atoms with Gasteiger partial charge in [-0.2, -0.15) is 0 Å². The summed E-state index contributed by atoms with van der Waals surface area (Å²) in [4.78, 5) is 13.1. The lowest BCUT2D eigenvalue weighted by Gasteiger charge is -2.05. The Labute approximate surface area is 124 Å². The Kier molecular flexibility index (Phi) is 3.81. The van der Waals surface area contributed by atoms with E-state index in [2.05, 4.69) is 44.0 Å². The van der Waals surface area contributed by atoms with Crippen molar-refractivity contribution in [2.45, 2.75) is 19.8 Å². The standard InChI is InChI=1S/C16H19N5/c1-12-10-18-16(19-11-12)17-9-5-8-15-20-13-6-3-4-7-14(13)21(15)2/h3-4,6-7,10-11H,5,8-9H2,1-2H3,(H,17,18,19). The van der Waals surface area contributed by atoms with Gasteiger partial charge in [0.25, 0.3) is 0 Å². The van der Waals surface area contributed by atoms with Gasteiger partial charge < -0.3 is 9.88 Å². The second-order valence-electron chi connectivity index (χ2n) is 5.19. The average Bonchev–Trinajstić information content (AvgIpc) is 2.82. The molecule has 108 valence electrons. The minimum absolute atomic E-state index is 0.686. The zero-order chi connectivity index (χ0) is 14.7. The van der Waals surface area contributed by atoms with E-state index in [9.17, 15) is 0 Å². The molecule has 0 aliphatic heterocycles. The lowest BCUT2D eigenvalue weighted by Crippen LogP contribution is -2.08. The maximum absolute atomic E-state index is 4.67. The molecule has 0 atom stereocenters. The number of benzene rings is 1. The molecule has 1 aromatic carbocycles. The van der Waals surface area contributed by atoms with E-state index in [-0.39, 0.29) is 0 Å². The molecule has 5 nitrogen and oxygen atoms in total. The molecule has 0 aliphatic carbocycles. The molecule has 2 heterocycles. The second kappa shape index (κ2) is 5.91. The summed E-state index contributed by atoms with van der Waals surface area (Å²) in [5, 5.41) is 3.24. The fraction of sp³-hybridized carbons (Fsp3) is 0.312. The topological polar surface area (TPSA) is 55.6 Å². The van der Waals surface area contributed by atoms with Crippen LogP contribution >= 0.6 is 0 Å². The van der Waals surface area contributed by atoms with E-state index in [1.165, 1.54) is 5.52 Å². The van der Waals surface area contributed by atoms with Crippen LogP contribution in [0.1, 0.15) is 17.8 Å². The van der Waals surface area contributed by atoms with Gasteiger partial charge in [0.05, 0.1) is 11.0 Å². The number of nitrogens with zero attached hydrogens (tertiary/aromatic N) is 4. The predicted octanol–water partition coefficient (Wildman–Crippen LogP) is 2.72. The quantitative estimate of drug-likeness (QED) is 0.731. The molecule has 21 heavy (non-hydrogen) atoms. The van der Waals surface area contributed by atoms with E-state index in [1.807, 2.05) is 31.5 Å². The third kappa shape index (κ3) is 3.02. The SMILES string of the molecule is Cc1cnc(NCCCc2nc3ccccc3n2C)nc1. The van der Waals surface area contributed by atoms with Gasteiger partial charge in [-0.25, -0.2) is 15.0 Å². The minimum atomic E-state index is 0.686. The molecule has 0 saturated heterocycles. The normalized spacial score (nSPS) is 11.0. The van der Waals surface area contributed by atoms with E-state index in [0.29, 0.717) is 5.95 Å². The third-order valence-corrected chi connectivity index (χ3v) is 3.52. The fourth-order valence-corrected chi connectivity index (χ4v) is 2.35. The first kappa shape index (κ1) is 13.5. The Morgan fingerprint density at radius 1 is 1.14 bits per heavy atom. The molecule has 1 N–H and O–H groups in total. The highest BCUT2D eigenvalue weighted by atomic mass is 15.1. The highest BCUT2D eigenvalue weighted by molar-refractivity contribution is 5.75. The van der Waals surface area contributed by atoms with E-state index in [0.717, 1.165) is 36.3 Å². The van der Waals surface area contributed by atoms with Gasteiger partial charge >= 0.3 is 0 Å². The van der Waals surface area contributed by atoms with Crippen LogP contribution in [0.5, 0.6) is 0 Å². The van der Waals surface area contributed by atoms with Crippen molar-refractivity contribution in [3.63, 3.8) is 0 Å². The summed E-state index contributed by atoms with van der Waals surface area (Å²) in [5.41, 5.74) is 3.31. The number of para-hydroxylation sites is 2. The van der Waals surface area contributed by atoms with Crippen LogP contribution in [-0.4, -0.2) is 26.1 Å². The number of anilines is 1. The van der Waals surface area contributed by atoms with Gasteiger partial charge in [0.15, 0.2) is 0 Å². The van der Waals surface area contributed by atoms with Gasteiger partial charge in [-0.05, 0) is 31.0 Å². The lowest BCUT2D eigenvalue weighted by atomic mass is 10.3. The largest absolute Gasteiger partial charge is 0.354 e. The number of aryl methyl sites for hydroxylation is 3. The first-order valence-corrected chi connectivity index (χ1v) is 7.17. The Morgan fingerprint density at radius 3 is 2.67 bits per heavy atom. The van der Waals surface area contributed by atoms with Gasteiger partial charge in [-0.1, -0.05) is 12.1 Å². The van der Waals surface area contributed by atoms with Crippen molar-refractivity contribution in [1.82, 2.24) is 19.5 Å². The van der Waals surface area contributed by atoms with Crippen molar-refractivity contribution in [3.8, 4) is 0 Å². The summed E-state index contributed by atoms with van der Waals surface area (Å²) in [5.74, 6) is 1.80. The summed E-state index contributed by atoms with van der Waals surface area (Å²) in [7, 11) is 2.07. The first-order chi connectivity index (χ1) is 10.2. The summed E-state index contributed by atoms with van der Waals surface area (Å²) in [6.07, 6.45) is 5.57. The number of nitrogens with one attached hydrogen (secondary N) is 1. The highest BCUT2D eigenvalue weighted by Gasteiger charge is 2.06. The molecule has 3 aromatic rings. The molecule has 0 unspecified atom stereocenters. The maximum atomic E-state index is 4.67. The van der Waals surface area contributed by atoms with Crippen LogP contribution in [0.3, 0.4) is 0 Å². The molecular formula is C16H19N5. The van der Waals surface area contributed by atoms with E-state index < -0.39 is 0 Å². The monoisotopic (exact) mass is 281 g/mol. The highest BCUT2D eigenvalue weighted by Crippen LogP contribution is 2.15. The van der Waals surface area contributed by atoms with Crippen LogP contribution in [0.25, 0.3) is 11.0 Å². The van der Waals surface area contributed by atoms with Crippen LogP contribution in [0, 0.1) is 6.92 Å². The van der Waals surface area contributed by atoms with Crippen molar-refractivity contribution in [2.75, 3.05) is 11.9 Å². The van der Waals surface area contributed by atoms with Crippen molar-refractivity contribution in [1.29, 1.82) is 0 Å². The third-order valence-electron chi connectivity index (χ3n) is 3.52. The molecule has 0 amide bonds. The first-order valence-electron chi connectivity index (χ1n) is 7.17. The van der Waals surface area contributed by atoms with Gasteiger partial charge in [-0.3, -0.25) is 0 Å². The summed E-state index contributed by atoms with van der Waals surface area (Å²) in [6.45, 7) is 2.82. The Bertz CT molecular complexity index is 730. The smallest absolute Gasteiger partial charge is 0.222 e. The van der Waals surface area contributed by atoms with E-state index in [1.54, 1.807) is 0 Å². The fourth-order valence-electron chi connectivity index (χ4n) is 2.35. The maximum Gasteiger partial charge on any atom is 0.222 e.